The van der Waals surface area contributed by atoms with Gasteiger partial charge in [0.1, 0.15) is 0 Å². The van der Waals surface area contributed by atoms with Crippen molar-refractivity contribution in [2.75, 3.05) is 0 Å². The molecule has 1 atom stereocenters. The average Bonchev–Trinajstić information content (AvgIpc) is 2.23. The highest BCUT2D eigenvalue weighted by Gasteiger charge is 2.49. The Morgan fingerprint density at radius 3 is 2.07 bits per heavy atom. The smallest absolute Gasteiger partial charge is 0.0156 e. The van der Waals surface area contributed by atoms with Gasteiger partial charge in [-0.1, -0.05) is 19.3 Å². The molecule has 3 aliphatic rings. The molecule has 0 aromatic heterocycles. The van der Waals surface area contributed by atoms with Gasteiger partial charge in [-0.2, -0.15) is 0 Å². The van der Waals surface area contributed by atoms with Crippen LogP contribution in [-0.4, -0.2) is 11.6 Å². The summed E-state index contributed by atoms with van der Waals surface area (Å²) in [5.74, 6) is 0. The van der Waals surface area contributed by atoms with Gasteiger partial charge in [0.2, 0.25) is 0 Å². The van der Waals surface area contributed by atoms with E-state index in [0.717, 1.165) is 11.5 Å². The maximum absolute atomic E-state index is 3.99. The second-order valence-electron chi connectivity index (χ2n) is 6.57. The minimum atomic E-state index is 0.523. The predicted molar refractivity (Wildman–Crippen MR) is 63.9 cm³/mol. The van der Waals surface area contributed by atoms with Crippen LogP contribution in [0.2, 0.25) is 0 Å². The highest BCUT2D eigenvalue weighted by atomic mass is 15.0. The summed E-state index contributed by atoms with van der Waals surface area (Å²) in [6.45, 7) is 2.44. The van der Waals surface area contributed by atoms with E-state index in [2.05, 4.69) is 12.2 Å². The number of hydrogen-bond donors (Lipinski definition) is 1. The van der Waals surface area contributed by atoms with Crippen LogP contribution in [0.3, 0.4) is 0 Å². The number of rotatable bonds is 2. The Morgan fingerprint density at radius 1 is 0.867 bits per heavy atom. The van der Waals surface area contributed by atoms with Crippen molar-refractivity contribution in [2.24, 2.45) is 5.41 Å². The first-order valence-corrected chi connectivity index (χ1v) is 7.00. The van der Waals surface area contributed by atoms with Gasteiger partial charge in [0, 0.05) is 11.6 Å². The van der Waals surface area contributed by atoms with E-state index >= 15 is 0 Å². The van der Waals surface area contributed by atoms with Gasteiger partial charge in [-0.05, 0) is 57.3 Å². The van der Waals surface area contributed by atoms with Crippen molar-refractivity contribution in [1.82, 2.24) is 5.32 Å². The first-order valence-electron chi connectivity index (χ1n) is 7.00. The van der Waals surface area contributed by atoms with Crippen molar-refractivity contribution < 1.29 is 0 Å². The van der Waals surface area contributed by atoms with Gasteiger partial charge in [-0.15, -0.1) is 0 Å². The van der Waals surface area contributed by atoms with Crippen LogP contribution in [-0.2, 0) is 0 Å². The second-order valence-corrected chi connectivity index (χ2v) is 6.57. The average molecular weight is 207 g/mol. The molecule has 0 saturated heterocycles. The first-order chi connectivity index (χ1) is 7.23. The lowest BCUT2D eigenvalue weighted by atomic mass is 9.56. The molecule has 0 aromatic rings. The summed E-state index contributed by atoms with van der Waals surface area (Å²) in [4.78, 5) is 0. The summed E-state index contributed by atoms with van der Waals surface area (Å²) in [6, 6.07) is 0.878. The molecule has 3 fully saturated rings. The maximum atomic E-state index is 3.99. The highest BCUT2D eigenvalue weighted by Crippen LogP contribution is 2.53. The van der Waals surface area contributed by atoms with Gasteiger partial charge in [0.15, 0.2) is 0 Å². The van der Waals surface area contributed by atoms with Gasteiger partial charge >= 0.3 is 0 Å². The summed E-state index contributed by atoms with van der Waals surface area (Å²) in [6.07, 6.45) is 14.8. The Labute approximate surface area is 94.0 Å². The van der Waals surface area contributed by atoms with Crippen LogP contribution in [0.15, 0.2) is 0 Å². The molecule has 3 aliphatic carbocycles. The zero-order chi connectivity index (χ0) is 10.4. The summed E-state index contributed by atoms with van der Waals surface area (Å²) in [5, 5.41) is 3.99. The molecule has 0 bridgehead atoms. The summed E-state index contributed by atoms with van der Waals surface area (Å²) < 4.78 is 0. The normalized spacial score (nSPS) is 37.0. The molecule has 0 amide bonds. The SMILES string of the molecule is CC1(NC2CCC23CCCCC3)CCC1. The van der Waals surface area contributed by atoms with Crippen molar-refractivity contribution in [3.05, 3.63) is 0 Å². The molecule has 1 N–H and O–H groups in total. The Hall–Kier alpha value is -0.0400. The zero-order valence-electron chi connectivity index (χ0n) is 10.1. The summed E-state index contributed by atoms with van der Waals surface area (Å²) >= 11 is 0. The third kappa shape index (κ3) is 1.63. The topological polar surface area (TPSA) is 12.0 Å². The van der Waals surface area contributed by atoms with Crippen molar-refractivity contribution in [1.29, 1.82) is 0 Å². The van der Waals surface area contributed by atoms with Gasteiger partial charge in [-0.25, -0.2) is 0 Å². The molecule has 1 spiro atoms. The monoisotopic (exact) mass is 207 g/mol. The fraction of sp³-hybridized carbons (Fsp3) is 1.00. The van der Waals surface area contributed by atoms with Crippen LogP contribution in [0.25, 0.3) is 0 Å². The van der Waals surface area contributed by atoms with Gasteiger partial charge in [0.25, 0.3) is 0 Å². The molecule has 86 valence electrons. The molecule has 0 aromatic carbocycles. The standard InChI is InChI=1S/C14H25N/c1-13(7-5-8-13)15-12-6-11-14(12)9-3-2-4-10-14/h12,15H,2-11H2,1H3. The molecule has 0 radical (unpaired) electrons. The Morgan fingerprint density at radius 2 is 1.60 bits per heavy atom. The molecule has 1 nitrogen and oxygen atoms in total. The third-order valence-electron chi connectivity index (χ3n) is 5.50. The largest absolute Gasteiger partial charge is 0.308 e. The summed E-state index contributed by atoms with van der Waals surface area (Å²) in [7, 11) is 0. The van der Waals surface area contributed by atoms with E-state index in [-0.39, 0.29) is 0 Å². The minimum absolute atomic E-state index is 0.523. The second kappa shape index (κ2) is 3.48. The molecule has 0 heterocycles. The number of hydrogen-bond acceptors (Lipinski definition) is 1. The van der Waals surface area contributed by atoms with E-state index < -0.39 is 0 Å². The van der Waals surface area contributed by atoms with Gasteiger partial charge < -0.3 is 5.32 Å². The molecular weight excluding hydrogens is 182 g/mol. The predicted octanol–water partition coefficient (Wildman–Crippen LogP) is 3.63. The van der Waals surface area contributed by atoms with Crippen LogP contribution in [0.4, 0.5) is 0 Å². The van der Waals surface area contributed by atoms with E-state index in [0.29, 0.717) is 5.54 Å². The molecule has 1 heteroatoms. The van der Waals surface area contributed by atoms with Crippen molar-refractivity contribution in [2.45, 2.75) is 82.7 Å². The minimum Gasteiger partial charge on any atom is -0.308 e. The lowest BCUT2D eigenvalue weighted by Crippen LogP contribution is -2.62. The Kier molecular flexibility index (Phi) is 2.35. The van der Waals surface area contributed by atoms with Gasteiger partial charge in [0.05, 0.1) is 0 Å². The Bertz CT molecular complexity index is 236. The zero-order valence-corrected chi connectivity index (χ0v) is 10.1. The molecule has 0 aliphatic heterocycles. The van der Waals surface area contributed by atoms with E-state index in [1.165, 1.54) is 64.2 Å². The van der Waals surface area contributed by atoms with Crippen molar-refractivity contribution in [3.63, 3.8) is 0 Å². The third-order valence-corrected chi connectivity index (χ3v) is 5.50. The van der Waals surface area contributed by atoms with Crippen LogP contribution >= 0.6 is 0 Å². The maximum Gasteiger partial charge on any atom is 0.0156 e. The van der Waals surface area contributed by atoms with E-state index in [1.807, 2.05) is 0 Å². The molecular formula is C14H25N. The van der Waals surface area contributed by atoms with Crippen LogP contribution in [0.5, 0.6) is 0 Å². The lowest BCUT2D eigenvalue weighted by molar-refractivity contribution is -0.00727. The van der Waals surface area contributed by atoms with Crippen molar-refractivity contribution >= 4 is 0 Å². The molecule has 1 unspecified atom stereocenters. The van der Waals surface area contributed by atoms with Gasteiger partial charge in [-0.3, -0.25) is 0 Å². The molecule has 3 rings (SSSR count). The fourth-order valence-corrected chi connectivity index (χ4v) is 4.05. The quantitative estimate of drug-likeness (QED) is 0.729. The first kappa shape index (κ1) is 10.1. The lowest BCUT2D eigenvalue weighted by Gasteiger charge is -2.57. The Balaban J connectivity index is 1.61. The number of nitrogens with one attached hydrogen (secondary N) is 1. The van der Waals surface area contributed by atoms with E-state index in [4.69, 9.17) is 0 Å². The fourth-order valence-electron chi connectivity index (χ4n) is 4.05. The molecule has 3 saturated carbocycles. The van der Waals surface area contributed by atoms with Crippen molar-refractivity contribution in [3.8, 4) is 0 Å². The highest BCUT2D eigenvalue weighted by molar-refractivity contribution is 5.06. The summed E-state index contributed by atoms with van der Waals surface area (Å²) in [5.41, 5.74) is 1.27. The van der Waals surface area contributed by atoms with Crippen LogP contribution in [0.1, 0.15) is 71.1 Å². The van der Waals surface area contributed by atoms with E-state index in [1.54, 1.807) is 0 Å². The van der Waals surface area contributed by atoms with Crippen LogP contribution in [0, 0.1) is 5.41 Å². The molecule has 15 heavy (non-hydrogen) atoms. The van der Waals surface area contributed by atoms with Crippen LogP contribution < -0.4 is 5.32 Å². The van der Waals surface area contributed by atoms with E-state index in [9.17, 15) is 0 Å².